The minimum absolute atomic E-state index is 0.0647. The van der Waals surface area contributed by atoms with Crippen molar-refractivity contribution in [3.63, 3.8) is 0 Å². The van der Waals surface area contributed by atoms with E-state index in [4.69, 9.17) is 4.74 Å². The SMILES string of the molecule is COc1ccc2sc(C3(O)CCCCC3)c(CC(=O)O)c2c1. The van der Waals surface area contributed by atoms with Gasteiger partial charge in [0.1, 0.15) is 5.75 Å². The van der Waals surface area contributed by atoms with E-state index in [0.717, 1.165) is 39.8 Å². The van der Waals surface area contributed by atoms with Crippen molar-refractivity contribution in [1.82, 2.24) is 0 Å². The van der Waals surface area contributed by atoms with E-state index in [1.807, 2.05) is 18.2 Å². The number of carboxylic acid groups (broad SMARTS) is 1. The first-order valence-electron chi connectivity index (χ1n) is 7.57. The Morgan fingerprint density at radius 1 is 1.32 bits per heavy atom. The molecule has 4 nitrogen and oxygen atoms in total. The van der Waals surface area contributed by atoms with E-state index in [0.29, 0.717) is 18.6 Å². The number of ether oxygens (including phenoxy) is 1. The van der Waals surface area contributed by atoms with E-state index in [9.17, 15) is 15.0 Å². The minimum atomic E-state index is -0.875. The summed E-state index contributed by atoms with van der Waals surface area (Å²) in [5, 5.41) is 21.2. The maximum Gasteiger partial charge on any atom is 0.307 e. The van der Waals surface area contributed by atoms with Crippen molar-refractivity contribution in [1.29, 1.82) is 0 Å². The van der Waals surface area contributed by atoms with Crippen LogP contribution in [0, 0.1) is 0 Å². The first kappa shape index (κ1) is 15.3. The average Bonchev–Trinajstić information content (AvgIpc) is 2.86. The molecule has 1 aliphatic rings. The van der Waals surface area contributed by atoms with Crippen LogP contribution in [0.1, 0.15) is 42.5 Å². The Kier molecular flexibility index (Phi) is 4.10. The summed E-state index contributed by atoms with van der Waals surface area (Å²) in [5.41, 5.74) is -0.129. The Hall–Kier alpha value is -1.59. The third-order valence-electron chi connectivity index (χ3n) is 4.43. The van der Waals surface area contributed by atoms with Gasteiger partial charge in [0.2, 0.25) is 0 Å². The van der Waals surface area contributed by atoms with Gasteiger partial charge >= 0.3 is 5.97 Å². The number of thiophene rings is 1. The van der Waals surface area contributed by atoms with Crippen molar-refractivity contribution < 1.29 is 19.7 Å². The summed E-state index contributed by atoms with van der Waals surface area (Å²) < 4.78 is 6.26. The molecule has 1 aromatic carbocycles. The number of methoxy groups -OCH3 is 1. The van der Waals surface area contributed by atoms with E-state index in [1.165, 1.54) is 11.3 Å². The zero-order chi connectivity index (χ0) is 15.7. The number of rotatable bonds is 4. The maximum atomic E-state index is 11.3. The van der Waals surface area contributed by atoms with Crippen molar-refractivity contribution in [2.24, 2.45) is 0 Å². The van der Waals surface area contributed by atoms with Gasteiger partial charge in [0.05, 0.1) is 19.1 Å². The van der Waals surface area contributed by atoms with Gasteiger partial charge in [-0.2, -0.15) is 0 Å². The van der Waals surface area contributed by atoms with Crippen molar-refractivity contribution in [3.8, 4) is 5.75 Å². The van der Waals surface area contributed by atoms with Crippen LogP contribution in [0.3, 0.4) is 0 Å². The number of benzene rings is 1. The average molecular weight is 320 g/mol. The summed E-state index contributed by atoms with van der Waals surface area (Å²) in [6, 6.07) is 5.69. The molecule has 1 aromatic heterocycles. The molecule has 0 bridgehead atoms. The number of aliphatic carboxylic acids is 1. The van der Waals surface area contributed by atoms with Crippen molar-refractivity contribution in [2.45, 2.75) is 44.1 Å². The van der Waals surface area contributed by atoms with Gasteiger partial charge in [-0.25, -0.2) is 0 Å². The molecule has 5 heteroatoms. The first-order chi connectivity index (χ1) is 10.5. The van der Waals surface area contributed by atoms with E-state index in [2.05, 4.69) is 0 Å². The van der Waals surface area contributed by atoms with Gasteiger partial charge < -0.3 is 14.9 Å². The lowest BCUT2D eigenvalue weighted by atomic mass is 9.81. The van der Waals surface area contributed by atoms with Crippen LogP contribution in [-0.2, 0) is 16.8 Å². The second kappa shape index (κ2) is 5.89. The molecule has 22 heavy (non-hydrogen) atoms. The molecule has 1 aliphatic carbocycles. The number of carboxylic acids is 1. The molecule has 1 saturated carbocycles. The third kappa shape index (κ3) is 2.71. The van der Waals surface area contributed by atoms with Crippen LogP contribution in [0.5, 0.6) is 5.75 Å². The molecule has 0 radical (unpaired) electrons. The molecule has 118 valence electrons. The summed E-state index contributed by atoms with van der Waals surface area (Å²) in [6.07, 6.45) is 4.47. The molecule has 3 rings (SSSR count). The molecule has 0 aliphatic heterocycles. The van der Waals surface area contributed by atoms with Crippen LogP contribution in [0.15, 0.2) is 18.2 Å². The lowest BCUT2D eigenvalue weighted by Crippen LogP contribution is -2.28. The minimum Gasteiger partial charge on any atom is -0.497 e. The second-order valence-corrected chi connectivity index (χ2v) is 6.99. The largest absolute Gasteiger partial charge is 0.497 e. The summed E-state index contributed by atoms with van der Waals surface area (Å²) in [5.74, 6) is -0.165. The molecule has 0 amide bonds. The Morgan fingerprint density at radius 3 is 2.68 bits per heavy atom. The van der Waals surface area contributed by atoms with Gasteiger partial charge in [-0.3, -0.25) is 4.79 Å². The maximum absolute atomic E-state index is 11.3. The smallest absolute Gasteiger partial charge is 0.307 e. The standard InChI is InChI=1S/C17H20O4S/c1-21-11-5-6-14-12(9-11)13(10-15(18)19)16(22-14)17(20)7-3-2-4-8-17/h5-6,9,20H,2-4,7-8,10H2,1H3,(H,18,19). The molecular formula is C17H20O4S. The Morgan fingerprint density at radius 2 is 2.05 bits per heavy atom. The Labute approximate surface area is 133 Å². The molecule has 0 saturated heterocycles. The van der Waals surface area contributed by atoms with E-state index in [1.54, 1.807) is 7.11 Å². The van der Waals surface area contributed by atoms with Gasteiger partial charge in [-0.05, 0) is 36.6 Å². The molecular weight excluding hydrogens is 300 g/mol. The van der Waals surface area contributed by atoms with Crippen LogP contribution < -0.4 is 4.74 Å². The van der Waals surface area contributed by atoms with E-state index in [-0.39, 0.29) is 6.42 Å². The lowest BCUT2D eigenvalue weighted by Gasteiger charge is -2.32. The summed E-state index contributed by atoms with van der Waals surface area (Å²) >= 11 is 1.52. The highest BCUT2D eigenvalue weighted by atomic mass is 32.1. The molecule has 2 N–H and O–H groups in total. The van der Waals surface area contributed by atoms with E-state index >= 15 is 0 Å². The number of aliphatic hydroxyl groups is 1. The second-order valence-electron chi connectivity index (χ2n) is 5.93. The molecule has 0 unspecified atom stereocenters. The summed E-state index contributed by atoms with van der Waals surface area (Å²) in [7, 11) is 1.60. The quantitative estimate of drug-likeness (QED) is 0.901. The van der Waals surface area contributed by atoms with Crippen molar-refractivity contribution >= 4 is 27.4 Å². The van der Waals surface area contributed by atoms with Crippen LogP contribution >= 0.6 is 11.3 Å². The normalized spacial score (nSPS) is 17.5. The van der Waals surface area contributed by atoms with Crippen LogP contribution in [0.25, 0.3) is 10.1 Å². The molecule has 0 spiro atoms. The van der Waals surface area contributed by atoms with Crippen molar-refractivity contribution in [3.05, 3.63) is 28.6 Å². The number of carbonyl (C=O) groups is 1. The Bertz CT molecular complexity index is 698. The van der Waals surface area contributed by atoms with E-state index < -0.39 is 11.6 Å². The zero-order valence-corrected chi connectivity index (χ0v) is 13.4. The molecule has 0 atom stereocenters. The highest BCUT2D eigenvalue weighted by Gasteiger charge is 2.36. The van der Waals surface area contributed by atoms with Crippen molar-refractivity contribution in [2.75, 3.05) is 7.11 Å². The molecule has 1 fully saturated rings. The summed E-state index contributed by atoms with van der Waals surface area (Å²) in [6.45, 7) is 0. The van der Waals surface area contributed by atoms with Gasteiger partial charge in [0.15, 0.2) is 0 Å². The lowest BCUT2D eigenvalue weighted by molar-refractivity contribution is -0.136. The monoisotopic (exact) mass is 320 g/mol. The zero-order valence-electron chi connectivity index (χ0n) is 12.6. The fraction of sp³-hybridized carbons (Fsp3) is 0.471. The van der Waals surface area contributed by atoms with Gasteiger partial charge in [-0.1, -0.05) is 19.3 Å². The first-order valence-corrected chi connectivity index (χ1v) is 8.39. The van der Waals surface area contributed by atoms with Gasteiger partial charge in [0.25, 0.3) is 0 Å². The highest BCUT2D eigenvalue weighted by molar-refractivity contribution is 7.19. The number of hydrogen-bond donors (Lipinski definition) is 2. The predicted octanol–water partition coefficient (Wildman–Crippen LogP) is 3.69. The highest BCUT2D eigenvalue weighted by Crippen LogP contribution is 2.45. The van der Waals surface area contributed by atoms with Gasteiger partial charge in [0, 0.05) is 15.0 Å². The number of fused-ring (bicyclic) bond motifs is 1. The van der Waals surface area contributed by atoms with Crippen LogP contribution in [0.2, 0.25) is 0 Å². The number of hydrogen-bond acceptors (Lipinski definition) is 4. The fourth-order valence-electron chi connectivity index (χ4n) is 3.32. The fourth-order valence-corrected chi connectivity index (χ4v) is 4.67. The third-order valence-corrected chi connectivity index (χ3v) is 5.84. The Balaban J connectivity index is 2.17. The van der Waals surface area contributed by atoms with Gasteiger partial charge in [-0.15, -0.1) is 11.3 Å². The predicted molar refractivity (Wildman–Crippen MR) is 86.7 cm³/mol. The summed E-state index contributed by atoms with van der Waals surface area (Å²) in [4.78, 5) is 12.1. The molecule has 2 aromatic rings. The van der Waals surface area contributed by atoms with Crippen LogP contribution in [0.4, 0.5) is 0 Å². The molecule has 1 heterocycles. The van der Waals surface area contributed by atoms with Crippen LogP contribution in [-0.4, -0.2) is 23.3 Å². The topological polar surface area (TPSA) is 66.8 Å².